The summed E-state index contributed by atoms with van der Waals surface area (Å²) in [5, 5.41) is 11.7. The van der Waals surface area contributed by atoms with Gasteiger partial charge in [-0.3, -0.25) is 4.79 Å². The molecule has 0 saturated carbocycles. The zero-order valence-electron chi connectivity index (χ0n) is 15.3. The second-order valence-electron chi connectivity index (χ2n) is 6.97. The number of nitrogens with zero attached hydrogens (tertiary/aromatic N) is 4. The van der Waals surface area contributed by atoms with Crippen molar-refractivity contribution in [1.82, 2.24) is 19.7 Å². The SMILES string of the molecule is O=C(Nc1ccc(-c2nnc3n2CCCCC3)cc1)c1ccc2ncsc2c1. The molecule has 1 amide bonds. The summed E-state index contributed by atoms with van der Waals surface area (Å²) >= 11 is 1.53. The van der Waals surface area contributed by atoms with Crippen LogP contribution < -0.4 is 5.32 Å². The first-order valence-electron chi connectivity index (χ1n) is 9.45. The lowest BCUT2D eigenvalue weighted by molar-refractivity contribution is 0.102. The van der Waals surface area contributed by atoms with E-state index in [-0.39, 0.29) is 5.91 Å². The highest BCUT2D eigenvalue weighted by atomic mass is 32.1. The van der Waals surface area contributed by atoms with E-state index < -0.39 is 0 Å². The molecule has 0 atom stereocenters. The number of rotatable bonds is 3. The quantitative estimate of drug-likeness (QED) is 0.559. The highest BCUT2D eigenvalue weighted by molar-refractivity contribution is 7.16. The first-order chi connectivity index (χ1) is 13.8. The molecule has 5 rings (SSSR count). The number of amides is 1. The molecule has 7 heteroatoms. The van der Waals surface area contributed by atoms with Crippen molar-refractivity contribution < 1.29 is 4.79 Å². The molecular formula is C21H19N5OS. The number of hydrogen-bond acceptors (Lipinski definition) is 5. The van der Waals surface area contributed by atoms with Crippen molar-refractivity contribution in [3.63, 3.8) is 0 Å². The minimum absolute atomic E-state index is 0.126. The number of anilines is 1. The van der Waals surface area contributed by atoms with Crippen LogP contribution in [0.5, 0.6) is 0 Å². The lowest BCUT2D eigenvalue weighted by Crippen LogP contribution is -2.11. The summed E-state index contributed by atoms with van der Waals surface area (Å²) < 4.78 is 3.24. The van der Waals surface area contributed by atoms with Gasteiger partial charge in [0.25, 0.3) is 5.91 Å². The number of aryl methyl sites for hydroxylation is 1. The third-order valence-corrected chi connectivity index (χ3v) is 5.90. The fraction of sp³-hybridized carbons (Fsp3) is 0.238. The fourth-order valence-electron chi connectivity index (χ4n) is 3.60. The Morgan fingerprint density at radius 2 is 1.93 bits per heavy atom. The van der Waals surface area contributed by atoms with Crippen molar-refractivity contribution in [3.8, 4) is 11.4 Å². The summed E-state index contributed by atoms with van der Waals surface area (Å²) in [5.41, 5.74) is 5.11. The van der Waals surface area contributed by atoms with Gasteiger partial charge < -0.3 is 9.88 Å². The van der Waals surface area contributed by atoms with Crippen LogP contribution in [0.2, 0.25) is 0 Å². The number of carbonyl (C=O) groups is 1. The third-order valence-electron chi connectivity index (χ3n) is 5.10. The summed E-state index contributed by atoms with van der Waals surface area (Å²) in [6, 6.07) is 13.4. The van der Waals surface area contributed by atoms with E-state index in [2.05, 4.69) is 25.1 Å². The Labute approximate surface area is 166 Å². The summed E-state index contributed by atoms with van der Waals surface area (Å²) in [4.78, 5) is 16.8. The fourth-order valence-corrected chi connectivity index (χ4v) is 4.32. The van der Waals surface area contributed by atoms with Gasteiger partial charge in [-0.15, -0.1) is 21.5 Å². The van der Waals surface area contributed by atoms with Crippen LogP contribution >= 0.6 is 11.3 Å². The first-order valence-corrected chi connectivity index (χ1v) is 10.3. The van der Waals surface area contributed by atoms with E-state index in [1.165, 1.54) is 24.2 Å². The number of fused-ring (bicyclic) bond motifs is 2. The predicted octanol–water partition coefficient (Wildman–Crippen LogP) is 4.53. The van der Waals surface area contributed by atoms with Crippen LogP contribution in [-0.2, 0) is 13.0 Å². The summed E-state index contributed by atoms with van der Waals surface area (Å²) in [6.07, 6.45) is 4.57. The van der Waals surface area contributed by atoms with Crippen LogP contribution in [0.4, 0.5) is 5.69 Å². The van der Waals surface area contributed by atoms with E-state index in [0.29, 0.717) is 5.56 Å². The van der Waals surface area contributed by atoms with Crippen LogP contribution in [0.15, 0.2) is 48.0 Å². The molecule has 1 aliphatic heterocycles. The molecule has 0 bridgehead atoms. The monoisotopic (exact) mass is 389 g/mol. The van der Waals surface area contributed by atoms with E-state index in [9.17, 15) is 4.79 Å². The van der Waals surface area contributed by atoms with Gasteiger partial charge in [0.05, 0.1) is 15.7 Å². The van der Waals surface area contributed by atoms with Gasteiger partial charge in [0, 0.05) is 29.8 Å². The standard InChI is InChI=1S/C21H19N5OS/c27-21(15-7-10-17-18(12-15)28-13-22-17)23-16-8-5-14(6-9-16)20-25-24-19-4-2-1-3-11-26(19)20/h5-10,12-13H,1-4,11H2,(H,23,27). The second-order valence-corrected chi connectivity index (χ2v) is 7.85. The Morgan fingerprint density at radius 1 is 1.04 bits per heavy atom. The number of hydrogen-bond donors (Lipinski definition) is 1. The maximum absolute atomic E-state index is 12.6. The molecule has 3 heterocycles. The summed E-state index contributed by atoms with van der Waals surface area (Å²) in [5.74, 6) is 1.85. The zero-order chi connectivity index (χ0) is 18.9. The highest BCUT2D eigenvalue weighted by Gasteiger charge is 2.16. The lowest BCUT2D eigenvalue weighted by atomic mass is 10.1. The Bertz CT molecular complexity index is 1150. The smallest absolute Gasteiger partial charge is 0.255 e. The number of carbonyl (C=O) groups excluding carboxylic acids is 1. The van der Waals surface area contributed by atoms with E-state index in [1.807, 2.05) is 36.4 Å². The van der Waals surface area contributed by atoms with Crippen LogP contribution in [0, 0.1) is 0 Å². The van der Waals surface area contributed by atoms with Crippen LogP contribution in [0.1, 0.15) is 35.4 Å². The van der Waals surface area contributed by atoms with Crippen LogP contribution in [0.3, 0.4) is 0 Å². The van der Waals surface area contributed by atoms with Crippen LogP contribution in [-0.4, -0.2) is 25.7 Å². The van der Waals surface area contributed by atoms with Crippen molar-refractivity contribution in [1.29, 1.82) is 0 Å². The van der Waals surface area contributed by atoms with Gasteiger partial charge in [-0.1, -0.05) is 6.42 Å². The van der Waals surface area contributed by atoms with E-state index in [1.54, 1.807) is 11.6 Å². The molecular weight excluding hydrogens is 370 g/mol. The Kier molecular flexibility index (Phi) is 4.37. The molecule has 2 aromatic heterocycles. The molecule has 2 aromatic carbocycles. The number of benzene rings is 2. The molecule has 1 aliphatic rings. The largest absolute Gasteiger partial charge is 0.322 e. The molecule has 6 nitrogen and oxygen atoms in total. The highest BCUT2D eigenvalue weighted by Crippen LogP contribution is 2.24. The maximum atomic E-state index is 12.6. The van der Waals surface area contributed by atoms with E-state index in [4.69, 9.17) is 0 Å². The number of nitrogens with one attached hydrogen (secondary N) is 1. The normalized spacial score (nSPS) is 13.9. The number of aromatic nitrogens is 4. The van der Waals surface area contributed by atoms with Crippen molar-refractivity contribution in [2.24, 2.45) is 0 Å². The van der Waals surface area contributed by atoms with E-state index >= 15 is 0 Å². The molecule has 28 heavy (non-hydrogen) atoms. The van der Waals surface area contributed by atoms with Gasteiger partial charge in [-0.2, -0.15) is 0 Å². The first kappa shape index (κ1) is 17.1. The molecule has 0 unspecified atom stereocenters. The number of thiazole rings is 1. The molecule has 4 aromatic rings. The third kappa shape index (κ3) is 3.18. The zero-order valence-corrected chi connectivity index (χ0v) is 16.1. The van der Waals surface area contributed by atoms with Crippen molar-refractivity contribution >= 4 is 33.1 Å². The maximum Gasteiger partial charge on any atom is 0.255 e. The van der Waals surface area contributed by atoms with Gasteiger partial charge in [0.15, 0.2) is 5.82 Å². The second kappa shape index (κ2) is 7.16. The summed E-state index contributed by atoms with van der Waals surface area (Å²) in [7, 11) is 0. The van der Waals surface area contributed by atoms with Gasteiger partial charge in [0.2, 0.25) is 0 Å². The van der Waals surface area contributed by atoms with Crippen molar-refractivity contribution in [2.45, 2.75) is 32.2 Å². The molecule has 0 aliphatic carbocycles. The van der Waals surface area contributed by atoms with Gasteiger partial charge >= 0.3 is 0 Å². The lowest BCUT2D eigenvalue weighted by Gasteiger charge is -2.09. The molecule has 0 saturated heterocycles. The van der Waals surface area contributed by atoms with Crippen molar-refractivity contribution in [3.05, 3.63) is 59.4 Å². The Morgan fingerprint density at radius 3 is 2.82 bits per heavy atom. The summed E-state index contributed by atoms with van der Waals surface area (Å²) in [6.45, 7) is 0.968. The van der Waals surface area contributed by atoms with Crippen molar-refractivity contribution in [2.75, 3.05) is 5.32 Å². The predicted molar refractivity (Wildman–Crippen MR) is 111 cm³/mol. The molecule has 0 fully saturated rings. The Hall–Kier alpha value is -3.06. The van der Waals surface area contributed by atoms with Gasteiger partial charge in [-0.05, 0) is 55.3 Å². The molecule has 0 spiro atoms. The Balaban J connectivity index is 1.35. The molecule has 0 radical (unpaired) electrons. The minimum Gasteiger partial charge on any atom is -0.322 e. The molecule has 1 N–H and O–H groups in total. The average molecular weight is 389 g/mol. The van der Waals surface area contributed by atoms with Gasteiger partial charge in [-0.25, -0.2) is 4.98 Å². The minimum atomic E-state index is -0.126. The van der Waals surface area contributed by atoms with Gasteiger partial charge in [0.1, 0.15) is 5.82 Å². The van der Waals surface area contributed by atoms with Crippen LogP contribution in [0.25, 0.3) is 21.6 Å². The average Bonchev–Trinajstić information content (AvgIpc) is 3.29. The van der Waals surface area contributed by atoms with E-state index in [0.717, 1.165) is 52.5 Å². The topological polar surface area (TPSA) is 72.7 Å². The molecule has 140 valence electrons.